The molecule has 0 radical (unpaired) electrons. The van der Waals surface area contributed by atoms with Crippen LogP contribution in [0.15, 0.2) is 27.8 Å². The lowest BCUT2D eigenvalue weighted by Gasteiger charge is -2.09. The standard InChI is InChI=1S/C15H16F2N2O3S2/c1-9(12-7-11(16)2-3-13(12)17)23-15-19-18-14(22-15)6-10-4-5-24(20,21)8-10/h2-3,7,9-10H,4-6,8H2,1H3. The van der Waals surface area contributed by atoms with E-state index in [1.165, 1.54) is 0 Å². The van der Waals surface area contributed by atoms with E-state index in [1.807, 2.05) is 0 Å². The fourth-order valence-corrected chi connectivity index (χ4v) is 5.39. The molecule has 9 heteroatoms. The molecule has 3 rings (SSSR count). The normalized spacial score (nSPS) is 21.0. The summed E-state index contributed by atoms with van der Waals surface area (Å²) in [7, 11) is -2.94. The summed E-state index contributed by atoms with van der Waals surface area (Å²) >= 11 is 1.13. The lowest BCUT2D eigenvalue weighted by molar-refractivity contribution is 0.389. The summed E-state index contributed by atoms with van der Waals surface area (Å²) < 4.78 is 55.5. The largest absolute Gasteiger partial charge is 0.416 e. The van der Waals surface area contributed by atoms with Gasteiger partial charge >= 0.3 is 0 Å². The molecule has 0 N–H and O–H groups in total. The van der Waals surface area contributed by atoms with Crippen molar-refractivity contribution in [2.45, 2.75) is 30.2 Å². The summed E-state index contributed by atoms with van der Waals surface area (Å²) in [4.78, 5) is 0. The molecule has 2 aromatic rings. The predicted octanol–water partition coefficient (Wildman–Crippen LogP) is 3.18. The minimum atomic E-state index is -2.94. The number of thioether (sulfide) groups is 1. The lowest BCUT2D eigenvalue weighted by Crippen LogP contribution is -2.07. The summed E-state index contributed by atoms with van der Waals surface area (Å²) in [5, 5.41) is 7.66. The van der Waals surface area contributed by atoms with E-state index in [2.05, 4.69) is 10.2 Å². The number of benzene rings is 1. The van der Waals surface area contributed by atoms with Crippen LogP contribution >= 0.6 is 11.8 Å². The number of sulfone groups is 1. The predicted molar refractivity (Wildman–Crippen MR) is 85.4 cm³/mol. The maximum Gasteiger partial charge on any atom is 0.277 e. The molecule has 24 heavy (non-hydrogen) atoms. The molecule has 1 fully saturated rings. The highest BCUT2D eigenvalue weighted by atomic mass is 32.2. The van der Waals surface area contributed by atoms with Crippen LogP contribution < -0.4 is 0 Å². The van der Waals surface area contributed by atoms with Gasteiger partial charge in [-0.15, -0.1) is 10.2 Å². The molecule has 0 amide bonds. The third kappa shape index (κ3) is 4.13. The van der Waals surface area contributed by atoms with Gasteiger partial charge in [-0.1, -0.05) is 11.8 Å². The zero-order valence-electron chi connectivity index (χ0n) is 12.9. The summed E-state index contributed by atoms with van der Waals surface area (Å²) in [5.74, 6) is -0.302. The highest BCUT2D eigenvalue weighted by Gasteiger charge is 2.29. The van der Waals surface area contributed by atoms with E-state index in [9.17, 15) is 17.2 Å². The Hall–Kier alpha value is -1.48. The minimum Gasteiger partial charge on any atom is -0.416 e. The van der Waals surface area contributed by atoms with Crippen molar-refractivity contribution in [3.05, 3.63) is 41.3 Å². The molecule has 5 nitrogen and oxygen atoms in total. The van der Waals surface area contributed by atoms with Crippen molar-refractivity contribution in [2.75, 3.05) is 11.5 Å². The van der Waals surface area contributed by atoms with Crippen LogP contribution in [-0.4, -0.2) is 30.1 Å². The summed E-state index contributed by atoms with van der Waals surface area (Å²) in [6.07, 6.45) is 1.01. The lowest BCUT2D eigenvalue weighted by atomic mass is 10.1. The summed E-state index contributed by atoms with van der Waals surface area (Å²) in [6.45, 7) is 1.72. The Bertz CT molecular complexity index is 839. The maximum atomic E-state index is 13.8. The molecule has 0 bridgehead atoms. The third-order valence-corrected chi connectivity index (χ3v) is 6.72. The van der Waals surface area contributed by atoms with Crippen molar-refractivity contribution in [3.63, 3.8) is 0 Å². The number of hydrogen-bond acceptors (Lipinski definition) is 6. The first-order chi connectivity index (χ1) is 11.3. The Kier molecular flexibility index (Phi) is 4.91. The molecule has 1 saturated heterocycles. The molecule has 1 aromatic heterocycles. The SMILES string of the molecule is CC(Sc1nnc(CC2CCS(=O)(=O)C2)o1)c1cc(F)ccc1F. The van der Waals surface area contributed by atoms with Gasteiger partial charge in [0.15, 0.2) is 9.84 Å². The van der Waals surface area contributed by atoms with Crippen molar-refractivity contribution >= 4 is 21.6 Å². The second-order valence-electron chi connectivity index (χ2n) is 5.86. The second-order valence-corrected chi connectivity index (χ2v) is 9.38. The van der Waals surface area contributed by atoms with E-state index < -0.39 is 26.7 Å². The summed E-state index contributed by atoms with van der Waals surface area (Å²) in [5.41, 5.74) is 0.224. The zero-order valence-corrected chi connectivity index (χ0v) is 14.5. The Morgan fingerprint density at radius 3 is 2.88 bits per heavy atom. The fraction of sp³-hybridized carbons (Fsp3) is 0.467. The van der Waals surface area contributed by atoms with Gasteiger partial charge in [0.25, 0.3) is 5.22 Å². The fourth-order valence-electron chi connectivity index (χ4n) is 2.69. The molecule has 1 aliphatic rings. The van der Waals surface area contributed by atoms with Crippen LogP contribution in [0.5, 0.6) is 0 Å². The maximum absolute atomic E-state index is 13.8. The molecule has 0 aliphatic carbocycles. The number of nitrogens with zero attached hydrogens (tertiary/aromatic N) is 2. The van der Waals surface area contributed by atoms with Crippen molar-refractivity contribution < 1.29 is 21.6 Å². The Labute approximate surface area is 142 Å². The van der Waals surface area contributed by atoms with Crippen LogP contribution in [0.2, 0.25) is 0 Å². The van der Waals surface area contributed by atoms with E-state index in [0.29, 0.717) is 18.7 Å². The average Bonchev–Trinajstić information content (AvgIpc) is 3.08. The molecule has 2 atom stereocenters. The van der Waals surface area contributed by atoms with Crippen molar-refractivity contribution in [3.8, 4) is 0 Å². The van der Waals surface area contributed by atoms with E-state index in [0.717, 1.165) is 30.0 Å². The van der Waals surface area contributed by atoms with Crippen molar-refractivity contribution in [2.24, 2.45) is 5.92 Å². The molecule has 130 valence electrons. The molecule has 1 aliphatic heterocycles. The summed E-state index contributed by atoms with van der Waals surface area (Å²) in [6, 6.07) is 3.30. The molecular formula is C15H16F2N2O3S2. The van der Waals surface area contributed by atoms with Gasteiger partial charge in [-0.2, -0.15) is 0 Å². The zero-order chi connectivity index (χ0) is 17.3. The first-order valence-electron chi connectivity index (χ1n) is 7.47. The van der Waals surface area contributed by atoms with Gasteiger partial charge in [-0.25, -0.2) is 17.2 Å². The topological polar surface area (TPSA) is 73.1 Å². The van der Waals surface area contributed by atoms with Crippen LogP contribution in [-0.2, 0) is 16.3 Å². The van der Waals surface area contributed by atoms with Crippen LogP contribution in [0.4, 0.5) is 8.78 Å². The van der Waals surface area contributed by atoms with Crippen molar-refractivity contribution in [1.29, 1.82) is 0 Å². The van der Waals surface area contributed by atoms with Crippen LogP contribution in [0.25, 0.3) is 0 Å². The number of aromatic nitrogens is 2. The van der Waals surface area contributed by atoms with E-state index in [-0.39, 0.29) is 28.2 Å². The third-order valence-electron chi connectivity index (χ3n) is 3.91. The Morgan fingerprint density at radius 2 is 2.17 bits per heavy atom. The Balaban J connectivity index is 1.64. The quantitative estimate of drug-likeness (QED) is 0.749. The first-order valence-corrected chi connectivity index (χ1v) is 10.2. The van der Waals surface area contributed by atoms with Gasteiger partial charge < -0.3 is 4.42 Å². The van der Waals surface area contributed by atoms with Gasteiger partial charge in [0.1, 0.15) is 11.6 Å². The molecule has 0 saturated carbocycles. The molecule has 2 heterocycles. The number of hydrogen-bond donors (Lipinski definition) is 0. The van der Waals surface area contributed by atoms with E-state index >= 15 is 0 Å². The van der Waals surface area contributed by atoms with Gasteiger partial charge in [0, 0.05) is 17.2 Å². The van der Waals surface area contributed by atoms with Gasteiger partial charge in [-0.05, 0) is 37.5 Å². The smallest absolute Gasteiger partial charge is 0.277 e. The molecule has 0 spiro atoms. The Morgan fingerprint density at radius 1 is 1.38 bits per heavy atom. The highest BCUT2D eigenvalue weighted by molar-refractivity contribution is 7.99. The van der Waals surface area contributed by atoms with Gasteiger partial charge in [0.2, 0.25) is 5.89 Å². The van der Waals surface area contributed by atoms with Crippen molar-refractivity contribution in [1.82, 2.24) is 10.2 Å². The molecule has 1 aromatic carbocycles. The first kappa shape index (κ1) is 17.3. The highest BCUT2D eigenvalue weighted by Crippen LogP contribution is 2.35. The van der Waals surface area contributed by atoms with E-state index in [1.54, 1.807) is 6.92 Å². The monoisotopic (exact) mass is 374 g/mol. The van der Waals surface area contributed by atoms with E-state index in [4.69, 9.17) is 4.42 Å². The average molecular weight is 374 g/mol. The van der Waals surface area contributed by atoms with Gasteiger partial charge in [0.05, 0.1) is 11.5 Å². The van der Waals surface area contributed by atoms with Crippen LogP contribution in [0.3, 0.4) is 0 Å². The number of halogens is 2. The molecule has 2 unspecified atom stereocenters. The minimum absolute atomic E-state index is 0.00797. The molecular weight excluding hydrogens is 358 g/mol. The van der Waals surface area contributed by atoms with Crippen LogP contribution in [0, 0.1) is 17.6 Å². The second kappa shape index (κ2) is 6.79. The van der Waals surface area contributed by atoms with Gasteiger partial charge in [-0.3, -0.25) is 0 Å². The number of rotatable bonds is 5. The van der Waals surface area contributed by atoms with Crippen LogP contribution in [0.1, 0.15) is 30.0 Å².